The van der Waals surface area contributed by atoms with Gasteiger partial charge in [0.05, 0.1) is 29.4 Å². The van der Waals surface area contributed by atoms with Crippen LogP contribution in [0.1, 0.15) is 33.2 Å². The van der Waals surface area contributed by atoms with Crippen molar-refractivity contribution in [2.75, 3.05) is 19.0 Å². The number of hydrogen-bond acceptors (Lipinski definition) is 6. The second kappa shape index (κ2) is 8.50. The third-order valence-electron chi connectivity index (χ3n) is 3.69. The van der Waals surface area contributed by atoms with Gasteiger partial charge in [0, 0.05) is 23.3 Å². The van der Waals surface area contributed by atoms with E-state index in [4.69, 9.17) is 21.1 Å². The normalized spacial score (nSPS) is 10.2. The molecular weight excluding hydrogens is 376 g/mol. The number of aryl methyl sites for hydroxylation is 1. The van der Waals surface area contributed by atoms with E-state index in [9.17, 15) is 19.7 Å². The Labute approximate surface area is 160 Å². The molecule has 0 atom stereocenters. The van der Waals surface area contributed by atoms with Crippen molar-refractivity contribution < 1.29 is 24.0 Å². The van der Waals surface area contributed by atoms with Gasteiger partial charge in [-0.3, -0.25) is 14.9 Å². The third kappa shape index (κ3) is 4.53. The van der Waals surface area contributed by atoms with Gasteiger partial charge in [0.1, 0.15) is 11.3 Å². The molecule has 2 rings (SSSR count). The van der Waals surface area contributed by atoms with Gasteiger partial charge in [-0.15, -0.1) is 0 Å². The van der Waals surface area contributed by atoms with Gasteiger partial charge in [0.15, 0.2) is 0 Å². The van der Waals surface area contributed by atoms with Gasteiger partial charge in [-0.25, -0.2) is 4.79 Å². The summed E-state index contributed by atoms with van der Waals surface area (Å²) in [5, 5.41) is 13.6. The molecule has 0 saturated carbocycles. The van der Waals surface area contributed by atoms with Crippen LogP contribution in [-0.2, 0) is 4.74 Å². The van der Waals surface area contributed by atoms with Crippen LogP contribution in [0.25, 0.3) is 0 Å². The highest BCUT2D eigenvalue weighted by Crippen LogP contribution is 2.32. The van der Waals surface area contributed by atoms with Gasteiger partial charge < -0.3 is 14.8 Å². The number of methoxy groups -OCH3 is 1. The summed E-state index contributed by atoms with van der Waals surface area (Å²) in [6.07, 6.45) is 0. The number of carbonyl (C=O) groups is 2. The molecule has 0 aromatic heterocycles. The first-order chi connectivity index (χ1) is 12.8. The van der Waals surface area contributed by atoms with Crippen molar-refractivity contribution in [2.45, 2.75) is 13.8 Å². The van der Waals surface area contributed by atoms with Crippen LogP contribution in [0.5, 0.6) is 5.75 Å². The fourth-order valence-electron chi connectivity index (χ4n) is 2.38. The first-order valence-corrected chi connectivity index (χ1v) is 8.27. The minimum absolute atomic E-state index is 0.0787. The maximum Gasteiger partial charge on any atom is 0.341 e. The van der Waals surface area contributed by atoms with Crippen LogP contribution >= 0.6 is 11.6 Å². The summed E-state index contributed by atoms with van der Waals surface area (Å²) in [5.41, 5.74) is 0.859. The van der Waals surface area contributed by atoms with Crippen molar-refractivity contribution in [2.24, 2.45) is 0 Å². The lowest BCUT2D eigenvalue weighted by Gasteiger charge is -2.13. The van der Waals surface area contributed by atoms with Gasteiger partial charge in [-0.1, -0.05) is 11.6 Å². The lowest BCUT2D eigenvalue weighted by molar-refractivity contribution is -0.385. The van der Waals surface area contributed by atoms with E-state index in [0.29, 0.717) is 5.56 Å². The molecule has 0 bridgehead atoms. The van der Waals surface area contributed by atoms with Crippen LogP contribution in [0.2, 0.25) is 5.02 Å². The Morgan fingerprint density at radius 1 is 1.26 bits per heavy atom. The molecule has 0 aliphatic carbocycles. The van der Waals surface area contributed by atoms with Gasteiger partial charge >= 0.3 is 5.97 Å². The predicted molar refractivity (Wildman–Crippen MR) is 99.7 cm³/mol. The minimum Gasteiger partial charge on any atom is -0.496 e. The average Bonchev–Trinajstić information content (AvgIpc) is 2.62. The minimum atomic E-state index is -0.597. The van der Waals surface area contributed by atoms with Gasteiger partial charge in [0.25, 0.3) is 11.6 Å². The van der Waals surface area contributed by atoms with Crippen LogP contribution in [-0.4, -0.2) is 30.5 Å². The van der Waals surface area contributed by atoms with Crippen molar-refractivity contribution in [3.63, 3.8) is 0 Å². The van der Waals surface area contributed by atoms with Crippen molar-refractivity contribution in [1.82, 2.24) is 0 Å². The monoisotopic (exact) mass is 392 g/mol. The molecular formula is C18H17ClN2O6. The Morgan fingerprint density at radius 2 is 1.96 bits per heavy atom. The second-order valence-electron chi connectivity index (χ2n) is 5.47. The topological polar surface area (TPSA) is 108 Å². The summed E-state index contributed by atoms with van der Waals surface area (Å²) in [5.74, 6) is -0.922. The van der Waals surface area contributed by atoms with Crippen molar-refractivity contribution in [3.05, 3.63) is 62.2 Å². The maximum absolute atomic E-state index is 12.4. The van der Waals surface area contributed by atoms with Crippen molar-refractivity contribution in [1.29, 1.82) is 0 Å². The molecule has 0 unspecified atom stereocenters. The number of amides is 1. The molecule has 0 radical (unpaired) electrons. The molecule has 142 valence electrons. The molecule has 0 heterocycles. The zero-order chi connectivity index (χ0) is 20.1. The predicted octanol–water partition coefficient (Wildman–Crippen LogP) is 3.99. The highest BCUT2D eigenvalue weighted by Gasteiger charge is 2.19. The maximum atomic E-state index is 12.4. The fraction of sp³-hybridized carbons (Fsp3) is 0.222. The molecule has 2 aromatic rings. The number of nitro groups is 1. The Balaban J connectivity index is 2.31. The Hall–Kier alpha value is -3.13. The Kier molecular flexibility index (Phi) is 6.36. The number of rotatable bonds is 6. The smallest absolute Gasteiger partial charge is 0.341 e. The molecule has 0 spiro atoms. The summed E-state index contributed by atoms with van der Waals surface area (Å²) in [6.45, 7) is 3.41. The van der Waals surface area contributed by atoms with E-state index in [2.05, 4.69) is 5.32 Å². The highest BCUT2D eigenvalue weighted by molar-refractivity contribution is 6.34. The number of nitrogens with zero attached hydrogens (tertiary/aromatic N) is 1. The van der Waals surface area contributed by atoms with E-state index in [1.54, 1.807) is 13.8 Å². The summed E-state index contributed by atoms with van der Waals surface area (Å²) < 4.78 is 10.1. The van der Waals surface area contributed by atoms with E-state index in [-0.39, 0.29) is 39.9 Å². The van der Waals surface area contributed by atoms with E-state index in [0.717, 1.165) is 0 Å². The number of ether oxygens (including phenoxy) is 2. The van der Waals surface area contributed by atoms with Crippen molar-refractivity contribution in [3.8, 4) is 5.75 Å². The van der Waals surface area contributed by atoms with E-state index in [1.165, 1.54) is 37.4 Å². The number of halogens is 1. The Bertz CT molecular complexity index is 913. The van der Waals surface area contributed by atoms with Crippen molar-refractivity contribution >= 4 is 34.9 Å². The van der Waals surface area contributed by atoms with Gasteiger partial charge in [-0.2, -0.15) is 0 Å². The standard InChI is InChI=1S/C18H17ClN2O6/c1-4-27-18(23)12-8-13(19)14(9-16(12)26-3)20-17(22)11-5-6-15(21(24)25)10(2)7-11/h5-9H,4H2,1-3H3,(H,20,22). The largest absolute Gasteiger partial charge is 0.496 e. The number of anilines is 1. The first-order valence-electron chi connectivity index (χ1n) is 7.89. The summed E-state index contributed by atoms with van der Waals surface area (Å²) >= 11 is 6.16. The Morgan fingerprint density at radius 3 is 2.52 bits per heavy atom. The average molecular weight is 393 g/mol. The second-order valence-corrected chi connectivity index (χ2v) is 5.87. The lowest BCUT2D eigenvalue weighted by Crippen LogP contribution is -2.14. The molecule has 0 aliphatic rings. The molecule has 1 amide bonds. The molecule has 9 heteroatoms. The van der Waals surface area contributed by atoms with Crippen LogP contribution in [0.3, 0.4) is 0 Å². The van der Waals surface area contributed by atoms with Gasteiger partial charge in [0.2, 0.25) is 0 Å². The first kappa shape index (κ1) is 20.2. The third-order valence-corrected chi connectivity index (χ3v) is 4.00. The molecule has 1 N–H and O–H groups in total. The number of carbonyl (C=O) groups excluding carboxylic acids is 2. The zero-order valence-electron chi connectivity index (χ0n) is 14.9. The summed E-state index contributed by atoms with van der Waals surface area (Å²) in [6, 6.07) is 6.76. The number of nitrogens with one attached hydrogen (secondary N) is 1. The fourth-order valence-corrected chi connectivity index (χ4v) is 2.59. The summed E-state index contributed by atoms with van der Waals surface area (Å²) in [4.78, 5) is 34.8. The molecule has 0 fully saturated rings. The highest BCUT2D eigenvalue weighted by atomic mass is 35.5. The number of esters is 1. The van der Waals surface area contributed by atoms with Gasteiger partial charge in [-0.05, 0) is 32.0 Å². The lowest BCUT2D eigenvalue weighted by atomic mass is 10.1. The molecule has 27 heavy (non-hydrogen) atoms. The van der Waals surface area contributed by atoms with Crippen LogP contribution < -0.4 is 10.1 Å². The van der Waals surface area contributed by atoms with Crippen LogP contribution in [0.15, 0.2) is 30.3 Å². The number of hydrogen-bond donors (Lipinski definition) is 1. The van der Waals surface area contributed by atoms with E-state index < -0.39 is 16.8 Å². The number of nitro benzene ring substituents is 1. The van der Waals surface area contributed by atoms with E-state index in [1.807, 2.05) is 0 Å². The number of benzene rings is 2. The zero-order valence-corrected chi connectivity index (χ0v) is 15.6. The molecule has 8 nitrogen and oxygen atoms in total. The van der Waals surface area contributed by atoms with E-state index >= 15 is 0 Å². The molecule has 0 saturated heterocycles. The quantitative estimate of drug-likeness (QED) is 0.452. The SMILES string of the molecule is CCOC(=O)c1cc(Cl)c(NC(=O)c2ccc([N+](=O)[O-])c(C)c2)cc1OC. The molecule has 0 aliphatic heterocycles. The van der Waals surface area contributed by atoms with Crippen LogP contribution in [0.4, 0.5) is 11.4 Å². The molecule has 2 aromatic carbocycles. The summed E-state index contributed by atoms with van der Waals surface area (Å²) in [7, 11) is 1.37. The van der Waals surface area contributed by atoms with Crippen LogP contribution in [0, 0.1) is 17.0 Å².